The van der Waals surface area contributed by atoms with Crippen LogP contribution in [0.3, 0.4) is 0 Å². The molecule has 2 aliphatic rings. The summed E-state index contributed by atoms with van der Waals surface area (Å²) in [6.07, 6.45) is 4.93. The van der Waals surface area contributed by atoms with Gasteiger partial charge in [0.25, 0.3) is 5.91 Å². The molecule has 0 radical (unpaired) electrons. The van der Waals surface area contributed by atoms with Gasteiger partial charge in [-0.25, -0.2) is 0 Å². The topological polar surface area (TPSA) is 38.8 Å². The number of carbonyl (C=O) groups is 1. The first kappa shape index (κ1) is 12.4. The molecule has 2 heterocycles. The molecule has 2 rings (SSSR count). The van der Waals surface area contributed by atoms with E-state index in [4.69, 9.17) is 9.47 Å². The van der Waals surface area contributed by atoms with Crippen molar-refractivity contribution in [1.29, 1.82) is 0 Å². The van der Waals surface area contributed by atoms with Gasteiger partial charge in [-0.05, 0) is 32.3 Å². The predicted molar refractivity (Wildman–Crippen MR) is 64.4 cm³/mol. The minimum Gasteiger partial charge on any atom is -0.488 e. The maximum Gasteiger partial charge on any atom is 0.288 e. The standard InChI is InChI=1S/C13H21NO3/c1-2-16-10-11-6-7-14(9-11)13(15)12-5-3-4-8-17-12/h5,11H,2-4,6-10H2,1H3/t11-/m1/s1. The Morgan fingerprint density at radius 3 is 3.24 bits per heavy atom. The quantitative estimate of drug-likeness (QED) is 0.747. The van der Waals surface area contributed by atoms with Gasteiger partial charge in [0.05, 0.1) is 13.2 Å². The number of nitrogens with zero attached hydrogens (tertiary/aromatic N) is 1. The zero-order chi connectivity index (χ0) is 12.1. The maximum atomic E-state index is 12.1. The van der Waals surface area contributed by atoms with Crippen LogP contribution in [0.2, 0.25) is 0 Å². The lowest BCUT2D eigenvalue weighted by molar-refractivity contribution is -0.130. The van der Waals surface area contributed by atoms with E-state index in [1.807, 2.05) is 17.9 Å². The van der Waals surface area contributed by atoms with Gasteiger partial charge in [-0.15, -0.1) is 0 Å². The lowest BCUT2D eigenvalue weighted by Crippen LogP contribution is -2.32. The van der Waals surface area contributed by atoms with E-state index >= 15 is 0 Å². The van der Waals surface area contributed by atoms with Crippen LogP contribution in [0.15, 0.2) is 11.8 Å². The van der Waals surface area contributed by atoms with Crippen LogP contribution in [0, 0.1) is 5.92 Å². The Morgan fingerprint density at radius 1 is 1.65 bits per heavy atom. The molecule has 1 fully saturated rings. The molecule has 1 atom stereocenters. The van der Waals surface area contributed by atoms with Crippen LogP contribution in [-0.2, 0) is 14.3 Å². The van der Waals surface area contributed by atoms with E-state index in [1.54, 1.807) is 0 Å². The van der Waals surface area contributed by atoms with Crippen molar-refractivity contribution in [2.45, 2.75) is 26.2 Å². The Kier molecular flexibility index (Phi) is 4.42. The van der Waals surface area contributed by atoms with Gasteiger partial charge >= 0.3 is 0 Å². The molecule has 17 heavy (non-hydrogen) atoms. The Bertz CT molecular complexity index is 301. The number of amides is 1. The third kappa shape index (κ3) is 3.22. The molecule has 0 unspecified atom stereocenters. The fourth-order valence-electron chi connectivity index (χ4n) is 2.30. The van der Waals surface area contributed by atoms with E-state index in [1.165, 1.54) is 0 Å². The van der Waals surface area contributed by atoms with E-state index in [2.05, 4.69) is 0 Å². The maximum absolute atomic E-state index is 12.1. The number of likely N-dealkylation sites (tertiary alicyclic amines) is 1. The van der Waals surface area contributed by atoms with Gasteiger partial charge in [0.1, 0.15) is 0 Å². The molecule has 4 heteroatoms. The predicted octanol–water partition coefficient (Wildman–Crippen LogP) is 1.57. The molecule has 0 saturated carbocycles. The zero-order valence-electron chi connectivity index (χ0n) is 10.5. The lowest BCUT2D eigenvalue weighted by Gasteiger charge is -2.20. The van der Waals surface area contributed by atoms with E-state index in [0.717, 1.165) is 45.6 Å². The molecule has 1 saturated heterocycles. The molecule has 0 aromatic carbocycles. The van der Waals surface area contributed by atoms with E-state index in [-0.39, 0.29) is 5.91 Å². The summed E-state index contributed by atoms with van der Waals surface area (Å²) in [5.41, 5.74) is 0. The van der Waals surface area contributed by atoms with Gasteiger partial charge in [0, 0.05) is 25.6 Å². The highest BCUT2D eigenvalue weighted by atomic mass is 16.5. The minimum atomic E-state index is 0.0590. The van der Waals surface area contributed by atoms with Crippen molar-refractivity contribution in [3.63, 3.8) is 0 Å². The third-order valence-corrected chi connectivity index (χ3v) is 3.28. The summed E-state index contributed by atoms with van der Waals surface area (Å²) in [6, 6.07) is 0. The van der Waals surface area contributed by atoms with E-state index < -0.39 is 0 Å². The molecule has 0 aromatic rings. The first-order valence-electron chi connectivity index (χ1n) is 6.51. The molecular formula is C13H21NO3. The number of carbonyl (C=O) groups excluding carboxylic acids is 1. The van der Waals surface area contributed by atoms with Crippen LogP contribution in [0.1, 0.15) is 26.2 Å². The number of allylic oxidation sites excluding steroid dienone is 1. The van der Waals surface area contributed by atoms with Gasteiger partial charge in [-0.3, -0.25) is 4.79 Å². The highest BCUT2D eigenvalue weighted by Crippen LogP contribution is 2.20. The number of hydrogen-bond acceptors (Lipinski definition) is 3. The van der Waals surface area contributed by atoms with Crippen LogP contribution >= 0.6 is 0 Å². The summed E-state index contributed by atoms with van der Waals surface area (Å²) in [7, 11) is 0. The van der Waals surface area contributed by atoms with E-state index in [9.17, 15) is 4.79 Å². The van der Waals surface area contributed by atoms with Gasteiger partial charge in [-0.1, -0.05) is 0 Å². The summed E-state index contributed by atoms with van der Waals surface area (Å²) in [4.78, 5) is 14.0. The van der Waals surface area contributed by atoms with Gasteiger partial charge in [0.2, 0.25) is 0 Å². The summed E-state index contributed by atoms with van der Waals surface area (Å²) < 4.78 is 10.8. The highest BCUT2D eigenvalue weighted by Gasteiger charge is 2.29. The second-order valence-corrected chi connectivity index (χ2v) is 4.62. The van der Waals surface area contributed by atoms with Crippen LogP contribution < -0.4 is 0 Å². The van der Waals surface area contributed by atoms with E-state index in [0.29, 0.717) is 18.3 Å². The third-order valence-electron chi connectivity index (χ3n) is 3.28. The molecule has 0 N–H and O–H groups in total. The summed E-state index contributed by atoms with van der Waals surface area (Å²) in [5, 5.41) is 0. The first-order valence-corrected chi connectivity index (χ1v) is 6.51. The largest absolute Gasteiger partial charge is 0.488 e. The Balaban J connectivity index is 1.83. The average molecular weight is 239 g/mol. The fraction of sp³-hybridized carbons (Fsp3) is 0.769. The number of rotatable bonds is 4. The molecule has 0 spiro atoms. The molecule has 2 aliphatic heterocycles. The molecule has 0 aromatic heterocycles. The normalized spacial score (nSPS) is 24.4. The van der Waals surface area contributed by atoms with Crippen molar-refractivity contribution in [3.05, 3.63) is 11.8 Å². The van der Waals surface area contributed by atoms with Crippen LogP contribution in [0.4, 0.5) is 0 Å². The molecule has 4 nitrogen and oxygen atoms in total. The second-order valence-electron chi connectivity index (χ2n) is 4.62. The first-order chi connectivity index (χ1) is 8.31. The molecule has 0 bridgehead atoms. The van der Waals surface area contributed by atoms with Crippen molar-refractivity contribution >= 4 is 5.91 Å². The fourth-order valence-corrected chi connectivity index (χ4v) is 2.30. The lowest BCUT2D eigenvalue weighted by atomic mass is 10.1. The smallest absolute Gasteiger partial charge is 0.288 e. The van der Waals surface area contributed by atoms with Gasteiger partial charge < -0.3 is 14.4 Å². The van der Waals surface area contributed by atoms with Crippen LogP contribution in [-0.4, -0.2) is 43.7 Å². The zero-order valence-corrected chi connectivity index (χ0v) is 10.5. The number of ether oxygens (including phenoxy) is 2. The summed E-state index contributed by atoms with van der Waals surface area (Å²) in [5.74, 6) is 1.10. The van der Waals surface area contributed by atoms with Crippen molar-refractivity contribution in [2.24, 2.45) is 5.92 Å². The van der Waals surface area contributed by atoms with Crippen LogP contribution in [0.5, 0.6) is 0 Å². The Morgan fingerprint density at radius 2 is 2.53 bits per heavy atom. The summed E-state index contributed by atoms with van der Waals surface area (Å²) in [6.45, 7) is 5.82. The SMILES string of the molecule is CCOC[C@@H]1CCN(C(=O)C2=CCCCO2)C1. The summed E-state index contributed by atoms with van der Waals surface area (Å²) >= 11 is 0. The molecule has 96 valence electrons. The van der Waals surface area contributed by atoms with Crippen LogP contribution in [0.25, 0.3) is 0 Å². The van der Waals surface area contributed by atoms with Crippen molar-refractivity contribution in [2.75, 3.05) is 32.9 Å². The molecular weight excluding hydrogens is 218 g/mol. The average Bonchev–Trinajstić information content (AvgIpc) is 2.85. The monoisotopic (exact) mass is 239 g/mol. The van der Waals surface area contributed by atoms with Crippen molar-refractivity contribution in [3.8, 4) is 0 Å². The van der Waals surface area contributed by atoms with Gasteiger partial charge in [0.15, 0.2) is 5.76 Å². The van der Waals surface area contributed by atoms with Gasteiger partial charge in [-0.2, -0.15) is 0 Å². The highest BCUT2D eigenvalue weighted by molar-refractivity contribution is 5.91. The minimum absolute atomic E-state index is 0.0590. The van der Waals surface area contributed by atoms with Crippen molar-refractivity contribution < 1.29 is 14.3 Å². The molecule has 0 aliphatic carbocycles. The second kappa shape index (κ2) is 6.05. The Hall–Kier alpha value is -1.03. The number of hydrogen-bond donors (Lipinski definition) is 0. The van der Waals surface area contributed by atoms with Crippen molar-refractivity contribution in [1.82, 2.24) is 4.90 Å². The Labute approximate surface area is 103 Å². The molecule has 1 amide bonds.